The van der Waals surface area contributed by atoms with Crippen LogP contribution in [-0.4, -0.2) is 16.1 Å². The highest BCUT2D eigenvalue weighted by atomic mass is 79.9. The van der Waals surface area contributed by atoms with Crippen LogP contribution in [0.3, 0.4) is 0 Å². The van der Waals surface area contributed by atoms with Gasteiger partial charge in [-0.1, -0.05) is 28.1 Å². The SMILES string of the molecule is CC(C1CC1)n1cc(C=O)c(-c2cccc(Br)c2)n1. The number of aromatic nitrogens is 2. The van der Waals surface area contributed by atoms with Gasteiger partial charge in [0.05, 0.1) is 11.6 Å². The molecule has 19 heavy (non-hydrogen) atoms. The zero-order valence-electron chi connectivity index (χ0n) is 10.7. The van der Waals surface area contributed by atoms with E-state index in [0.29, 0.717) is 11.6 Å². The van der Waals surface area contributed by atoms with E-state index in [1.807, 2.05) is 35.1 Å². The maximum Gasteiger partial charge on any atom is 0.153 e. The summed E-state index contributed by atoms with van der Waals surface area (Å²) in [6.07, 6.45) is 5.29. The summed E-state index contributed by atoms with van der Waals surface area (Å²) in [7, 11) is 0. The van der Waals surface area contributed by atoms with Crippen molar-refractivity contribution in [3.8, 4) is 11.3 Å². The summed E-state index contributed by atoms with van der Waals surface area (Å²) in [6, 6.07) is 8.26. The minimum atomic E-state index is 0.375. The summed E-state index contributed by atoms with van der Waals surface area (Å²) in [5.74, 6) is 0.717. The number of rotatable bonds is 4. The van der Waals surface area contributed by atoms with E-state index in [-0.39, 0.29) is 0 Å². The van der Waals surface area contributed by atoms with E-state index in [1.165, 1.54) is 12.8 Å². The lowest BCUT2D eigenvalue weighted by Gasteiger charge is -2.09. The predicted octanol–water partition coefficient (Wildman–Crippen LogP) is 4.10. The lowest BCUT2D eigenvalue weighted by atomic mass is 10.1. The molecule has 0 spiro atoms. The van der Waals surface area contributed by atoms with Gasteiger partial charge in [-0.2, -0.15) is 5.10 Å². The van der Waals surface area contributed by atoms with Gasteiger partial charge in [0.25, 0.3) is 0 Å². The first-order valence-corrected chi connectivity index (χ1v) is 7.28. The molecule has 3 nitrogen and oxygen atoms in total. The largest absolute Gasteiger partial charge is 0.298 e. The van der Waals surface area contributed by atoms with Gasteiger partial charge in [0.15, 0.2) is 6.29 Å². The van der Waals surface area contributed by atoms with Gasteiger partial charge in [-0.15, -0.1) is 0 Å². The molecule has 2 aromatic rings. The topological polar surface area (TPSA) is 34.9 Å². The summed E-state index contributed by atoms with van der Waals surface area (Å²) in [5.41, 5.74) is 2.40. The minimum absolute atomic E-state index is 0.375. The second kappa shape index (κ2) is 4.93. The molecule has 3 rings (SSSR count). The summed E-state index contributed by atoms with van der Waals surface area (Å²) in [6.45, 7) is 2.17. The van der Waals surface area contributed by atoms with Crippen LogP contribution in [0, 0.1) is 5.92 Å². The third kappa shape index (κ3) is 2.50. The van der Waals surface area contributed by atoms with Gasteiger partial charge in [-0.05, 0) is 37.8 Å². The van der Waals surface area contributed by atoms with Gasteiger partial charge in [-0.3, -0.25) is 9.48 Å². The average molecular weight is 319 g/mol. The van der Waals surface area contributed by atoms with Gasteiger partial charge in [0.2, 0.25) is 0 Å². The monoisotopic (exact) mass is 318 g/mol. The molecular formula is C15H15BrN2O. The zero-order valence-corrected chi connectivity index (χ0v) is 12.3. The Hall–Kier alpha value is -1.42. The Bertz CT molecular complexity index is 616. The van der Waals surface area contributed by atoms with Crippen molar-refractivity contribution in [3.63, 3.8) is 0 Å². The van der Waals surface area contributed by atoms with Crippen molar-refractivity contribution in [2.24, 2.45) is 5.92 Å². The Balaban J connectivity index is 2.02. The van der Waals surface area contributed by atoms with Crippen LogP contribution in [0.5, 0.6) is 0 Å². The molecule has 0 saturated heterocycles. The van der Waals surface area contributed by atoms with Crippen LogP contribution in [0.15, 0.2) is 34.9 Å². The van der Waals surface area contributed by atoms with E-state index < -0.39 is 0 Å². The van der Waals surface area contributed by atoms with Gasteiger partial charge in [0, 0.05) is 16.2 Å². The van der Waals surface area contributed by atoms with Gasteiger partial charge in [0.1, 0.15) is 5.69 Å². The van der Waals surface area contributed by atoms with Crippen molar-refractivity contribution in [3.05, 3.63) is 40.5 Å². The van der Waals surface area contributed by atoms with E-state index in [1.54, 1.807) is 0 Å². The molecule has 1 heterocycles. The fourth-order valence-corrected chi connectivity index (χ4v) is 2.75. The van der Waals surface area contributed by atoms with Crippen molar-refractivity contribution >= 4 is 22.2 Å². The maximum atomic E-state index is 11.2. The van der Waals surface area contributed by atoms with Crippen molar-refractivity contribution < 1.29 is 4.79 Å². The van der Waals surface area contributed by atoms with Gasteiger partial charge >= 0.3 is 0 Å². The van der Waals surface area contributed by atoms with Crippen molar-refractivity contribution in [1.82, 2.24) is 9.78 Å². The van der Waals surface area contributed by atoms with E-state index in [4.69, 9.17) is 0 Å². The molecule has 1 aliphatic carbocycles. The normalized spacial score (nSPS) is 16.3. The number of nitrogens with zero attached hydrogens (tertiary/aromatic N) is 2. The van der Waals surface area contributed by atoms with Crippen LogP contribution in [0.4, 0.5) is 0 Å². The van der Waals surface area contributed by atoms with Gasteiger partial charge in [-0.25, -0.2) is 0 Å². The summed E-state index contributed by atoms with van der Waals surface area (Å²) >= 11 is 3.45. The minimum Gasteiger partial charge on any atom is -0.298 e. The smallest absolute Gasteiger partial charge is 0.153 e. The second-order valence-corrected chi connectivity index (χ2v) is 6.03. The van der Waals surface area contributed by atoms with E-state index in [2.05, 4.69) is 28.0 Å². The highest BCUT2D eigenvalue weighted by Gasteiger charge is 2.30. The number of carbonyl (C=O) groups is 1. The second-order valence-electron chi connectivity index (χ2n) is 5.12. The number of aldehydes is 1. The molecule has 4 heteroatoms. The molecule has 1 atom stereocenters. The predicted molar refractivity (Wildman–Crippen MR) is 78.2 cm³/mol. The van der Waals surface area contributed by atoms with E-state index in [9.17, 15) is 4.79 Å². The first-order chi connectivity index (χ1) is 9.19. The van der Waals surface area contributed by atoms with Crippen molar-refractivity contribution in [2.45, 2.75) is 25.8 Å². The van der Waals surface area contributed by atoms with Gasteiger partial charge < -0.3 is 0 Å². The average Bonchev–Trinajstić information content (AvgIpc) is 3.16. The molecule has 0 aliphatic heterocycles. The molecule has 1 aromatic carbocycles. The highest BCUT2D eigenvalue weighted by Crippen LogP contribution is 2.39. The lowest BCUT2D eigenvalue weighted by Crippen LogP contribution is -2.07. The highest BCUT2D eigenvalue weighted by molar-refractivity contribution is 9.10. The van der Waals surface area contributed by atoms with Crippen molar-refractivity contribution in [1.29, 1.82) is 0 Å². The van der Waals surface area contributed by atoms with Crippen LogP contribution in [0.25, 0.3) is 11.3 Å². The van der Waals surface area contributed by atoms with Crippen LogP contribution in [0.1, 0.15) is 36.2 Å². The first kappa shape index (κ1) is 12.6. The standard InChI is InChI=1S/C15H15BrN2O/c1-10(11-5-6-11)18-8-13(9-19)15(17-18)12-3-2-4-14(16)7-12/h2-4,7-11H,5-6H2,1H3. The zero-order chi connectivity index (χ0) is 13.4. The number of hydrogen-bond donors (Lipinski definition) is 0. The van der Waals surface area contributed by atoms with Crippen molar-refractivity contribution in [2.75, 3.05) is 0 Å². The fourth-order valence-electron chi connectivity index (χ4n) is 2.36. The fraction of sp³-hybridized carbons (Fsp3) is 0.333. The molecule has 0 amide bonds. The first-order valence-electron chi connectivity index (χ1n) is 6.49. The quantitative estimate of drug-likeness (QED) is 0.795. The number of benzene rings is 1. The molecule has 98 valence electrons. The van der Waals surface area contributed by atoms with E-state index in [0.717, 1.165) is 27.9 Å². The Morgan fingerprint density at radius 2 is 2.26 bits per heavy atom. The molecular weight excluding hydrogens is 304 g/mol. The Morgan fingerprint density at radius 3 is 2.89 bits per heavy atom. The number of halogens is 1. The molecule has 1 saturated carbocycles. The molecule has 0 N–H and O–H groups in total. The number of carbonyl (C=O) groups excluding carboxylic acids is 1. The van der Waals surface area contributed by atoms with E-state index >= 15 is 0 Å². The molecule has 1 aliphatic rings. The van der Waals surface area contributed by atoms with Crippen LogP contribution in [-0.2, 0) is 0 Å². The Morgan fingerprint density at radius 1 is 1.47 bits per heavy atom. The Labute approximate surface area is 120 Å². The molecule has 1 aromatic heterocycles. The maximum absolute atomic E-state index is 11.2. The molecule has 0 bridgehead atoms. The Kier molecular flexibility index (Phi) is 3.27. The lowest BCUT2D eigenvalue weighted by molar-refractivity contribution is 0.112. The third-order valence-corrected chi connectivity index (χ3v) is 4.20. The molecule has 1 unspecified atom stereocenters. The van der Waals surface area contributed by atoms with Crippen LogP contribution in [0.2, 0.25) is 0 Å². The summed E-state index contributed by atoms with van der Waals surface area (Å²) in [5, 5.41) is 4.62. The third-order valence-electron chi connectivity index (χ3n) is 3.71. The van der Waals surface area contributed by atoms with Crippen LogP contribution < -0.4 is 0 Å². The molecule has 1 fully saturated rings. The van der Waals surface area contributed by atoms with Crippen LogP contribution >= 0.6 is 15.9 Å². The summed E-state index contributed by atoms with van der Waals surface area (Å²) < 4.78 is 2.93. The summed E-state index contributed by atoms with van der Waals surface area (Å²) in [4.78, 5) is 11.2. The number of hydrogen-bond acceptors (Lipinski definition) is 2. The molecule has 0 radical (unpaired) electrons.